The molecule has 2 aromatic carbocycles. The Morgan fingerprint density at radius 1 is 1.29 bits per heavy atom. The monoisotopic (exact) mass is 301 g/mol. The molecule has 1 aromatic heterocycles. The molecule has 0 saturated carbocycles. The van der Waals surface area contributed by atoms with Crippen molar-refractivity contribution in [2.75, 3.05) is 7.11 Å². The second kappa shape index (κ2) is 5.61. The second-order valence-corrected chi connectivity index (χ2v) is 5.59. The molecule has 1 heterocycles. The number of aromatic nitrogens is 1. The molecule has 0 N–H and O–H groups in total. The summed E-state index contributed by atoms with van der Waals surface area (Å²) >= 11 is 1.36. The topological polar surface area (TPSA) is 39.2 Å². The van der Waals surface area contributed by atoms with Crippen LogP contribution in [0, 0.1) is 5.82 Å². The number of fused-ring (bicyclic) bond motifs is 1. The molecule has 0 fully saturated rings. The summed E-state index contributed by atoms with van der Waals surface area (Å²) in [5.41, 5.74) is 1.42. The number of halogens is 1. The highest BCUT2D eigenvalue weighted by molar-refractivity contribution is 7.20. The molecular formula is C16H12FNO2S. The van der Waals surface area contributed by atoms with Crippen LogP contribution in [0.4, 0.5) is 4.39 Å². The number of nitrogens with zero attached hydrogens (tertiary/aromatic N) is 1. The van der Waals surface area contributed by atoms with Gasteiger partial charge in [0.05, 0.1) is 17.3 Å². The van der Waals surface area contributed by atoms with E-state index >= 15 is 0 Å². The minimum Gasteiger partial charge on any atom is -0.494 e. The van der Waals surface area contributed by atoms with Crippen molar-refractivity contribution >= 4 is 27.3 Å². The Kier molecular flexibility index (Phi) is 3.66. The van der Waals surface area contributed by atoms with Gasteiger partial charge >= 0.3 is 0 Å². The number of Topliss-reactive ketones (excluding diaryl/α,β-unsaturated/α-hetero) is 1. The summed E-state index contributed by atoms with van der Waals surface area (Å²) in [6.07, 6.45) is 0.126. The maximum Gasteiger partial charge on any atom is 0.195 e. The average Bonchev–Trinajstić information content (AvgIpc) is 2.91. The maximum atomic E-state index is 13.6. The molecule has 0 spiro atoms. The molecule has 0 radical (unpaired) electrons. The third-order valence-corrected chi connectivity index (χ3v) is 4.19. The SMILES string of the molecule is COc1ccc(CC(=O)c2nc3ccccc3s2)cc1F. The Bertz CT molecular complexity index is 780. The van der Waals surface area contributed by atoms with E-state index in [2.05, 4.69) is 4.98 Å². The second-order valence-electron chi connectivity index (χ2n) is 4.56. The van der Waals surface area contributed by atoms with Crippen LogP contribution in [0.1, 0.15) is 15.4 Å². The van der Waals surface area contributed by atoms with E-state index in [1.54, 1.807) is 6.07 Å². The van der Waals surface area contributed by atoms with E-state index in [4.69, 9.17) is 4.74 Å². The van der Waals surface area contributed by atoms with Gasteiger partial charge in [0.2, 0.25) is 0 Å². The number of ketones is 1. The highest BCUT2D eigenvalue weighted by atomic mass is 32.1. The molecule has 3 aromatic rings. The van der Waals surface area contributed by atoms with Crippen molar-refractivity contribution < 1.29 is 13.9 Å². The molecule has 3 nitrogen and oxygen atoms in total. The minimum atomic E-state index is -0.466. The Balaban J connectivity index is 1.84. The van der Waals surface area contributed by atoms with Crippen LogP contribution in [0.3, 0.4) is 0 Å². The van der Waals surface area contributed by atoms with Gasteiger partial charge in [0, 0.05) is 6.42 Å². The van der Waals surface area contributed by atoms with E-state index in [9.17, 15) is 9.18 Å². The fourth-order valence-corrected chi connectivity index (χ4v) is 2.98. The first-order valence-electron chi connectivity index (χ1n) is 6.38. The van der Waals surface area contributed by atoms with Crippen LogP contribution in [-0.2, 0) is 6.42 Å². The molecule has 0 amide bonds. The van der Waals surface area contributed by atoms with Gasteiger partial charge in [-0.2, -0.15) is 0 Å². The van der Waals surface area contributed by atoms with Crippen LogP contribution in [0.2, 0.25) is 0 Å². The molecule has 5 heteroatoms. The third-order valence-electron chi connectivity index (χ3n) is 3.11. The summed E-state index contributed by atoms with van der Waals surface area (Å²) in [4.78, 5) is 16.6. The van der Waals surface area contributed by atoms with Gasteiger partial charge in [-0.15, -0.1) is 11.3 Å². The Morgan fingerprint density at radius 3 is 2.81 bits per heavy atom. The first-order valence-corrected chi connectivity index (χ1v) is 7.20. The van der Waals surface area contributed by atoms with E-state index in [-0.39, 0.29) is 18.0 Å². The van der Waals surface area contributed by atoms with Crippen LogP contribution >= 0.6 is 11.3 Å². The number of para-hydroxylation sites is 1. The predicted octanol–water partition coefficient (Wildman–Crippen LogP) is 3.87. The number of carbonyl (C=O) groups excluding carboxylic acids is 1. The van der Waals surface area contributed by atoms with Gasteiger partial charge in [0.1, 0.15) is 0 Å². The fourth-order valence-electron chi connectivity index (χ4n) is 2.07. The molecule has 106 valence electrons. The lowest BCUT2D eigenvalue weighted by molar-refractivity contribution is 0.0992. The van der Waals surface area contributed by atoms with Crippen LogP contribution in [0.25, 0.3) is 10.2 Å². The van der Waals surface area contributed by atoms with Crippen molar-refractivity contribution in [2.24, 2.45) is 0 Å². The lowest BCUT2D eigenvalue weighted by atomic mass is 10.1. The molecular weight excluding hydrogens is 289 g/mol. The van der Waals surface area contributed by atoms with Crippen LogP contribution < -0.4 is 4.74 Å². The third kappa shape index (κ3) is 2.78. The molecule has 0 bridgehead atoms. The van der Waals surface area contributed by atoms with Crippen molar-refractivity contribution in [1.82, 2.24) is 4.98 Å². The van der Waals surface area contributed by atoms with Crippen molar-refractivity contribution in [3.63, 3.8) is 0 Å². The van der Waals surface area contributed by atoms with Gasteiger partial charge in [-0.25, -0.2) is 9.37 Å². The number of benzene rings is 2. The summed E-state index contributed by atoms with van der Waals surface area (Å²) in [5, 5.41) is 0.451. The van der Waals surface area contributed by atoms with Gasteiger partial charge in [0.15, 0.2) is 22.4 Å². The standard InChI is InChI=1S/C16H12FNO2S/c1-20-14-7-6-10(8-11(14)17)9-13(19)16-18-12-4-2-3-5-15(12)21-16/h2-8H,9H2,1H3. The van der Waals surface area contributed by atoms with E-state index < -0.39 is 5.82 Å². The largest absolute Gasteiger partial charge is 0.494 e. The molecule has 0 aliphatic rings. The molecule has 0 aliphatic heterocycles. The van der Waals surface area contributed by atoms with Gasteiger partial charge in [0.25, 0.3) is 0 Å². The van der Waals surface area contributed by atoms with Crippen molar-refractivity contribution in [1.29, 1.82) is 0 Å². The first kappa shape index (κ1) is 13.7. The Labute approximate surface area is 125 Å². The van der Waals surface area contributed by atoms with Crippen LogP contribution in [0.15, 0.2) is 42.5 Å². The van der Waals surface area contributed by atoms with Gasteiger partial charge in [-0.3, -0.25) is 4.79 Å². The smallest absolute Gasteiger partial charge is 0.195 e. The number of hydrogen-bond acceptors (Lipinski definition) is 4. The van der Waals surface area contributed by atoms with E-state index in [0.29, 0.717) is 10.6 Å². The molecule has 0 saturated heterocycles. The molecule has 0 atom stereocenters. The number of ether oxygens (including phenoxy) is 1. The summed E-state index contributed by atoms with van der Waals surface area (Å²) in [5.74, 6) is -0.404. The maximum absolute atomic E-state index is 13.6. The van der Waals surface area contributed by atoms with E-state index in [0.717, 1.165) is 10.2 Å². The van der Waals surface area contributed by atoms with Crippen LogP contribution in [0.5, 0.6) is 5.75 Å². The highest BCUT2D eigenvalue weighted by Gasteiger charge is 2.14. The Morgan fingerprint density at radius 2 is 2.10 bits per heavy atom. The lowest BCUT2D eigenvalue weighted by Crippen LogP contribution is -2.03. The van der Waals surface area contributed by atoms with Crippen molar-refractivity contribution in [3.05, 3.63) is 58.9 Å². The number of rotatable bonds is 4. The fraction of sp³-hybridized carbons (Fsp3) is 0.125. The predicted molar refractivity (Wildman–Crippen MR) is 80.6 cm³/mol. The lowest BCUT2D eigenvalue weighted by Gasteiger charge is -2.03. The minimum absolute atomic E-state index is 0.110. The zero-order chi connectivity index (χ0) is 14.8. The molecule has 21 heavy (non-hydrogen) atoms. The molecule has 0 unspecified atom stereocenters. The van der Waals surface area contributed by atoms with Crippen molar-refractivity contribution in [3.8, 4) is 5.75 Å². The summed E-state index contributed by atoms with van der Waals surface area (Å²) < 4.78 is 19.5. The highest BCUT2D eigenvalue weighted by Crippen LogP contribution is 2.24. The molecule has 0 aliphatic carbocycles. The first-order chi connectivity index (χ1) is 10.2. The van der Waals surface area contributed by atoms with Crippen LogP contribution in [-0.4, -0.2) is 17.9 Å². The van der Waals surface area contributed by atoms with Crippen molar-refractivity contribution in [2.45, 2.75) is 6.42 Å². The normalized spacial score (nSPS) is 10.8. The summed E-state index contributed by atoms with van der Waals surface area (Å²) in [6, 6.07) is 12.1. The van der Waals surface area contributed by atoms with Gasteiger partial charge in [-0.05, 0) is 29.8 Å². The zero-order valence-electron chi connectivity index (χ0n) is 11.3. The zero-order valence-corrected chi connectivity index (χ0v) is 12.1. The number of methoxy groups -OCH3 is 1. The number of hydrogen-bond donors (Lipinski definition) is 0. The quantitative estimate of drug-likeness (QED) is 0.687. The van der Waals surface area contributed by atoms with E-state index in [1.807, 2.05) is 24.3 Å². The van der Waals surface area contributed by atoms with E-state index in [1.165, 1.54) is 30.6 Å². The average molecular weight is 301 g/mol. The summed E-state index contributed by atoms with van der Waals surface area (Å²) in [6.45, 7) is 0. The number of carbonyl (C=O) groups is 1. The summed E-state index contributed by atoms with van der Waals surface area (Å²) in [7, 11) is 1.41. The number of thiazole rings is 1. The van der Waals surface area contributed by atoms with Gasteiger partial charge < -0.3 is 4.74 Å². The van der Waals surface area contributed by atoms with Gasteiger partial charge in [-0.1, -0.05) is 18.2 Å². The Hall–Kier alpha value is -2.27. The molecule has 3 rings (SSSR count).